The molecule has 1 aromatic carbocycles. The van der Waals surface area contributed by atoms with Crippen LogP contribution in [0.3, 0.4) is 0 Å². The van der Waals surface area contributed by atoms with E-state index < -0.39 is 17.0 Å². The van der Waals surface area contributed by atoms with Gasteiger partial charge in [-0.1, -0.05) is 24.3 Å². The number of rotatable bonds is 3. The Kier molecular flexibility index (Phi) is 4.83. The fourth-order valence-corrected chi connectivity index (χ4v) is 5.52. The number of anilines is 1. The second-order valence-corrected chi connectivity index (χ2v) is 9.07. The average molecular weight is 421 g/mol. The van der Waals surface area contributed by atoms with Crippen molar-refractivity contribution in [3.05, 3.63) is 59.9 Å². The number of morpholine rings is 1. The number of carbonyl (C=O) groups excluding carboxylic acids is 2. The van der Waals surface area contributed by atoms with Crippen molar-refractivity contribution in [1.29, 1.82) is 0 Å². The van der Waals surface area contributed by atoms with Crippen LogP contribution in [0.5, 0.6) is 0 Å². The Morgan fingerprint density at radius 3 is 2.68 bits per heavy atom. The van der Waals surface area contributed by atoms with Crippen LogP contribution in [-0.4, -0.2) is 65.0 Å². The van der Waals surface area contributed by atoms with E-state index in [0.29, 0.717) is 26.2 Å². The van der Waals surface area contributed by atoms with Crippen LogP contribution in [0.25, 0.3) is 0 Å². The van der Waals surface area contributed by atoms with Crippen LogP contribution in [-0.2, 0) is 19.7 Å². The molecule has 1 spiro atoms. The maximum atomic E-state index is 14.0. The number of amides is 2. The number of aromatic nitrogens is 1. The first-order valence-electron chi connectivity index (χ1n) is 10.9. The highest BCUT2D eigenvalue weighted by Gasteiger charge is 2.60. The third-order valence-electron chi connectivity index (χ3n) is 7.17. The predicted octanol–water partition coefficient (Wildman–Crippen LogP) is 2.36. The third kappa shape index (κ3) is 2.98. The van der Waals surface area contributed by atoms with Gasteiger partial charge in [0.25, 0.3) is 0 Å². The fourth-order valence-electron chi connectivity index (χ4n) is 5.52. The van der Waals surface area contributed by atoms with Gasteiger partial charge in [-0.25, -0.2) is 0 Å². The molecule has 2 saturated heterocycles. The topological polar surface area (TPSA) is 74.8 Å². The number of nitrogens with zero attached hydrogens (tertiary/aromatic N) is 3. The largest absolute Gasteiger partial charge is 0.379 e. The van der Waals surface area contributed by atoms with Gasteiger partial charge in [-0.05, 0) is 43.5 Å². The summed E-state index contributed by atoms with van der Waals surface area (Å²) in [6, 6.07) is 11.3. The second kappa shape index (κ2) is 7.43. The van der Waals surface area contributed by atoms with Gasteiger partial charge < -0.3 is 15.0 Å². The van der Waals surface area contributed by atoms with Crippen molar-refractivity contribution in [1.82, 2.24) is 14.8 Å². The van der Waals surface area contributed by atoms with E-state index in [2.05, 4.69) is 15.2 Å². The lowest BCUT2D eigenvalue weighted by molar-refractivity contribution is -0.147. The van der Waals surface area contributed by atoms with E-state index in [9.17, 15) is 9.59 Å². The molecule has 2 aromatic rings. The summed E-state index contributed by atoms with van der Waals surface area (Å²) in [5, 5.41) is 3.07. The van der Waals surface area contributed by atoms with Crippen LogP contribution in [0.15, 0.2) is 48.8 Å². The van der Waals surface area contributed by atoms with E-state index in [4.69, 9.17) is 4.74 Å². The molecule has 5 rings (SSSR count). The molecule has 2 fully saturated rings. The zero-order valence-corrected chi connectivity index (χ0v) is 18.0. The number of likely N-dealkylation sites (tertiary alicyclic amines) is 1. The van der Waals surface area contributed by atoms with Crippen LogP contribution in [0.2, 0.25) is 0 Å². The summed E-state index contributed by atoms with van der Waals surface area (Å²) in [6.07, 6.45) is 4.09. The lowest BCUT2D eigenvalue weighted by Gasteiger charge is -2.43. The van der Waals surface area contributed by atoms with Crippen molar-refractivity contribution in [2.45, 2.75) is 37.3 Å². The monoisotopic (exact) mass is 420 g/mol. The molecule has 7 nitrogen and oxygen atoms in total. The maximum absolute atomic E-state index is 14.0. The minimum absolute atomic E-state index is 0.0392. The van der Waals surface area contributed by atoms with Gasteiger partial charge in [-0.2, -0.15) is 0 Å². The molecule has 4 heterocycles. The van der Waals surface area contributed by atoms with Crippen LogP contribution in [0, 0.1) is 0 Å². The van der Waals surface area contributed by atoms with Crippen LogP contribution < -0.4 is 5.32 Å². The van der Waals surface area contributed by atoms with Gasteiger partial charge in [0, 0.05) is 37.7 Å². The van der Waals surface area contributed by atoms with E-state index in [1.807, 2.05) is 55.1 Å². The molecule has 0 radical (unpaired) electrons. The normalized spacial score (nSPS) is 26.2. The maximum Gasteiger partial charge on any atom is 0.243 e. The summed E-state index contributed by atoms with van der Waals surface area (Å²) in [7, 11) is 0. The number of hydrogen-bond donors (Lipinski definition) is 1. The van der Waals surface area contributed by atoms with E-state index in [1.165, 1.54) is 0 Å². The number of nitrogens with one attached hydrogen (secondary N) is 1. The van der Waals surface area contributed by atoms with Crippen LogP contribution in [0.1, 0.15) is 37.4 Å². The van der Waals surface area contributed by atoms with Crippen LogP contribution in [0.4, 0.5) is 5.69 Å². The Morgan fingerprint density at radius 1 is 1.16 bits per heavy atom. The number of benzene rings is 1. The highest BCUT2D eigenvalue weighted by atomic mass is 16.5. The molecule has 1 aromatic heterocycles. The number of para-hydroxylation sites is 1. The lowest BCUT2D eigenvalue weighted by Crippen LogP contribution is -2.59. The summed E-state index contributed by atoms with van der Waals surface area (Å²) in [4.78, 5) is 35.9. The molecule has 2 amide bonds. The number of pyridine rings is 1. The van der Waals surface area contributed by atoms with Crippen LogP contribution >= 0.6 is 0 Å². The standard InChI is InChI=1S/C24H28N4O3/c1-23(2,27-12-14-31-15-13-27)22(30)28-11-9-24(20(28)17-6-5-10-25-16-17)18-7-3-4-8-19(18)26-21(24)29/h3-8,10,16,20H,9,11-15H2,1-2H3,(H,26,29). The molecule has 0 bridgehead atoms. The van der Waals surface area contributed by atoms with E-state index in [-0.39, 0.29) is 11.8 Å². The minimum atomic E-state index is -0.809. The Bertz CT molecular complexity index is 1000. The minimum Gasteiger partial charge on any atom is -0.379 e. The summed E-state index contributed by atoms with van der Waals surface area (Å²) in [5.74, 6) is -0.000610. The lowest BCUT2D eigenvalue weighted by atomic mass is 9.72. The summed E-state index contributed by atoms with van der Waals surface area (Å²) in [5.41, 5.74) is 1.19. The Labute approximate surface area is 182 Å². The van der Waals surface area contributed by atoms with Crippen molar-refractivity contribution >= 4 is 17.5 Å². The Morgan fingerprint density at radius 2 is 1.94 bits per heavy atom. The molecule has 7 heteroatoms. The number of hydrogen-bond acceptors (Lipinski definition) is 5. The molecule has 3 aliphatic rings. The summed E-state index contributed by atoms with van der Waals surface area (Å²) in [6.45, 7) is 7.18. The summed E-state index contributed by atoms with van der Waals surface area (Å²) < 4.78 is 5.49. The van der Waals surface area contributed by atoms with Gasteiger partial charge in [0.05, 0.1) is 24.8 Å². The average Bonchev–Trinajstić information content (AvgIpc) is 3.33. The van der Waals surface area contributed by atoms with E-state index in [0.717, 1.165) is 29.9 Å². The summed E-state index contributed by atoms with van der Waals surface area (Å²) >= 11 is 0. The molecule has 1 N–H and O–H groups in total. The smallest absolute Gasteiger partial charge is 0.243 e. The first-order chi connectivity index (χ1) is 15.0. The van der Waals surface area contributed by atoms with E-state index in [1.54, 1.807) is 12.4 Å². The van der Waals surface area contributed by atoms with Crippen molar-refractivity contribution in [2.24, 2.45) is 0 Å². The fraction of sp³-hybridized carbons (Fsp3) is 0.458. The number of ether oxygens (including phenoxy) is 1. The molecule has 0 aliphatic carbocycles. The molecule has 162 valence electrons. The SMILES string of the molecule is CC(C)(C(=O)N1CCC2(C(=O)Nc3ccccc32)C1c1cccnc1)N1CCOCC1. The van der Waals surface area contributed by atoms with Gasteiger partial charge in [-0.3, -0.25) is 19.5 Å². The molecule has 31 heavy (non-hydrogen) atoms. The van der Waals surface area contributed by atoms with Gasteiger partial charge in [0.15, 0.2) is 0 Å². The van der Waals surface area contributed by atoms with Gasteiger partial charge >= 0.3 is 0 Å². The van der Waals surface area contributed by atoms with E-state index >= 15 is 0 Å². The number of fused-ring (bicyclic) bond motifs is 2. The zero-order chi connectivity index (χ0) is 21.6. The van der Waals surface area contributed by atoms with Crippen molar-refractivity contribution in [2.75, 3.05) is 38.2 Å². The highest BCUT2D eigenvalue weighted by Crippen LogP contribution is 2.55. The number of carbonyl (C=O) groups is 2. The molecule has 2 unspecified atom stereocenters. The first kappa shape index (κ1) is 20.2. The molecule has 2 atom stereocenters. The first-order valence-corrected chi connectivity index (χ1v) is 10.9. The van der Waals surface area contributed by atoms with Crippen molar-refractivity contribution < 1.29 is 14.3 Å². The second-order valence-electron chi connectivity index (χ2n) is 9.07. The molecular formula is C24H28N4O3. The van der Waals surface area contributed by atoms with Crippen molar-refractivity contribution in [3.8, 4) is 0 Å². The quantitative estimate of drug-likeness (QED) is 0.825. The van der Waals surface area contributed by atoms with Crippen molar-refractivity contribution in [3.63, 3.8) is 0 Å². The third-order valence-corrected chi connectivity index (χ3v) is 7.17. The molecule has 0 saturated carbocycles. The Balaban J connectivity index is 1.59. The van der Waals surface area contributed by atoms with Gasteiger partial charge in [0.2, 0.25) is 11.8 Å². The zero-order valence-electron chi connectivity index (χ0n) is 18.0. The Hall–Kier alpha value is -2.77. The molecular weight excluding hydrogens is 392 g/mol. The predicted molar refractivity (Wildman–Crippen MR) is 117 cm³/mol. The van der Waals surface area contributed by atoms with Gasteiger partial charge in [0.1, 0.15) is 5.41 Å². The van der Waals surface area contributed by atoms with Gasteiger partial charge in [-0.15, -0.1) is 0 Å². The molecule has 3 aliphatic heterocycles. The highest BCUT2D eigenvalue weighted by molar-refractivity contribution is 6.08.